The molecule has 160 valence electrons. The number of aromatic nitrogens is 2. The lowest BCUT2D eigenvalue weighted by Gasteiger charge is -2.26. The van der Waals surface area contributed by atoms with Gasteiger partial charge in [-0.05, 0) is 36.6 Å². The van der Waals surface area contributed by atoms with Crippen LogP contribution in [-0.4, -0.2) is 48.6 Å². The second kappa shape index (κ2) is 10.9. The first kappa shape index (κ1) is 23.6. The second-order valence-electron chi connectivity index (χ2n) is 6.84. The van der Waals surface area contributed by atoms with Gasteiger partial charge in [0, 0.05) is 39.9 Å². The number of nitrogens with zero attached hydrogens (tertiary/aromatic N) is 4. The molecule has 0 aliphatic carbocycles. The van der Waals surface area contributed by atoms with Crippen LogP contribution in [0, 0.1) is 0 Å². The summed E-state index contributed by atoms with van der Waals surface area (Å²) in [4.78, 5) is 4.57. The maximum Gasteiger partial charge on any atom is 0.243 e. The Morgan fingerprint density at radius 3 is 2.52 bits per heavy atom. The first-order chi connectivity index (χ1) is 13.5. The highest BCUT2D eigenvalue weighted by Crippen LogP contribution is 2.21. The fourth-order valence-electron chi connectivity index (χ4n) is 3.23. The number of nitrogens with one attached hydrogen (secondary N) is 2. The van der Waals surface area contributed by atoms with Crippen molar-refractivity contribution in [2.75, 3.05) is 20.1 Å². The van der Waals surface area contributed by atoms with Crippen LogP contribution >= 0.6 is 24.0 Å². The molecule has 2 heterocycles. The van der Waals surface area contributed by atoms with E-state index in [9.17, 15) is 8.42 Å². The van der Waals surface area contributed by atoms with Crippen molar-refractivity contribution in [3.05, 3.63) is 47.8 Å². The topological polar surface area (TPSA) is 91.6 Å². The molecule has 1 aliphatic heterocycles. The Kier molecular flexibility index (Phi) is 8.90. The molecule has 8 nitrogen and oxygen atoms in total. The summed E-state index contributed by atoms with van der Waals surface area (Å²) in [6, 6.07) is 9.06. The minimum absolute atomic E-state index is 0. The van der Waals surface area contributed by atoms with Crippen LogP contribution in [0.25, 0.3) is 0 Å². The van der Waals surface area contributed by atoms with Crippen LogP contribution in [0.1, 0.15) is 30.5 Å². The van der Waals surface area contributed by atoms with E-state index in [2.05, 4.69) is 20.7 Å². The normalized spacial score (nSPS) is 15.6. The monoisotopic (exact) mass is 532 g/mol. The van der Waals surface area contributed by atoms with Gasteiger partial charge in [-0.25, -0.2) is 8.42 Å². The third kappa shape index (κ3) is 6.16. The molecule has 1 aromatic carbocycles. The molecule has 2 N–H and O–H groups in total. The summed E-state index contributed by atoms with van der Waals surface area (Å²) >= 11 is 0. The van der Waals surface area contributed by atoms with Crippen molar-refractivity contribution in [2.45, 2.75) is 37.2 Å². The average molecular weight is 532 g/mol. The Morgan fingerprint density at radius 1 is 1.14 bits per heavy atom. The Bertz CT molecular complexity index is 922. The van der Waals surface area contributed by atoms with Gasteiger partial charge in [-0.2, -0.15) is 9.40 Å². The van der Waals surface area contributed by atoms with Crippen LogP contribution < -0.4 is 10.6 Å². The SMILES string of the molecule is CN=C(NCc1cccc(S(=O)(=O)N2CCCCC2)c1)NCc1ccnn1C.I. The smallest absolute Gasteiger partial charge is 0.243 e. The molecule has 0 bridgehead atoms. The van der Waals surface area contributed by atoms with Crippen LogP contribution in [0.3, 0.4) is 0 Å². The number of piperidine rings is 1. The average Bonchev–Trinajstić information content (AvgIpc) is 3.14. The maximum atomic E-state index is 12.9. The molecule has 29 heavy (non-hydrogen) atoms. The number of aryl methyl sites for hydroxylation is 1. The summed E-state index contributed by atoms with van der Waals surface area (Å²) in [5.74, 6) is 0.644. The van der Waals surface area contributed by atoms with Crippen molar-refractivity contribution in [2.24, 2.45) is 12.0 Å². The fraction of sp³-hybridized carbons (Fsp3) is 0.474. The predicted molar refractivity (Wildman–Crippen MR) is 125 cm³/mol. The molecule has 0 amide bonds. The number of halogens is 1. The van der Waals surface area contributed by atoms with E-state index in [4.69, 9.17) is 0 Å². The van der Waals surface area contributed by atoms with Gasteiger partial charge < -0.3 is 10.6 Å². The molecule has 1 fully saturated rings. The summed E-state index contributed by atoms with van der Waals surface area (Å²) in [7, 11) is 0.171. The van der Waals surface area contributed by atoms with Crippen molar-refractivity contribution in [1.29, 1.82) is 0 Å². The van der Waals surface area contributed by atoms with Gasteiger partial charge in [-0.15, -0.1) is 24.0 Å². The highest BCUT2D eigenvalue weighted by Gasteiger charge is 2.25. The number of benzene rings is 1. The van der Waals surface area contributed by atoms with E-state index in [1.807, 2.05) is 19.2 Å². The zero-order valence-corrected chi connectivity index (χ0v) is 20.0. The van der Waals surface area contributed by atoms with Gasteiger partial charge >= 0.3 is 0 Å². The summed E-state index contributed by atoms with van der Waals surface area (Å²) in [6.45, 7) is 2.29. The molecule has 2 aromatic rings. The van der Waals surface area contributed by atoms with Crippen LogP contribution in [0.4, 0.5) is 0 Å². The Balaban J connectivity index is 0.00000300. The highest BCUT2D eigenvalue weighted by molar-refractivity contribution is 14.0. The van der Waals surface area contributed by atoms with Gasteiger partial charge in [-0.3, -0.25) is 9.67 Å². The van der Waals surface area contributed by atoms with Crippen LogP contribution in [0.2, 0.25) is 0 Å². The molecule has 0 atom stereocenters. The maximum absolute atomic E-state index is 12.9. The largest absolute Gasteiger partial charge is 0.352 e. The molecule has 1 aliphatic rings. The standard InChI is InChI=1S/C19H28N6O2S.HI/c1-20-19(22-15-17-9-10-23-24(17)2)21-14-16-7-6-8-18(13-16)28(26,27)25-11-4-3-5-12-25;/h6-10,13H,3-5,11-12,14-15H2,1-2H3,(H2,20,21,22);1H. The van der Waals surface area contributed by atoms with Gasteiger partial charge in [0.05, 0.1) is 17.1 Å². The number of guanidine groups is 1. The molecule has 1 aromatic heterocycles. The van der Waals surface area contributed by atoms with E-state index in [1.54, 1.807) is 40.4 Å². The second-order valence-corrected chi connectivity index (χ2v) is 8.78. The highest BCUT2D eigenvalue weighted by atomic mass is 127. The molecule has 3 rings (SSSR count). The van der Waals surface area contributed by atoms with Crippen molar-refractivity contribution in [3.63, 3.8) is 0 Å². The first-order valence-corrected chi connectivity index (χ1v) is 10.9. The molecule has 0 radical (unpaired) electrons. The Hall–Kier alpha value is -1.66. The van der Waals surface area contributed by atoms with Crippen LogP contribution in [-0.2, 0) is 30.2 Å². The van der Waals surface area contributed by atoms with E-state index in [0.717, 1.165) is 30.5 Å². The number of rotatable bonds is 6. The molecular formula is C19H29IN6O2S. The molecule has 0 unspecified atom stereocenters. The number of hydrogen-bond acceptors (Lipinski definition) is 4. The Labute approximate surface area is 189 Å². The van der Waals surface area contributed by atoms with Gasteiger partial charge in [0.25, 0.3) is 0 Å². The summed E-state index contributed by atoms with van der Waals surface area (Å²) in [6.07, 6.45) is 4.71. The zero-order valence-electron chi connectivity index (χ0n) is 16.8. The number of sulfonamides is 1. The minimum Gasteiger partial charge on any atom is -0.352 e. The first-order valence-electron chi connectivity index (χ1n) is 9.51. The van der Waals surface area contributed by atoms with Gasteiger partial charge in [0.1, 0.15) is 0 Å². The van der Waals surface area contributed by atoms with E-state index in [1.165, 1.54) is 0 Å². The predicted octanol–water partition coefficient (Wildman–Crippen LogP) is 2.08. The van der Waals surface area contributed by atoms with E-state index in [-0.39, 0.29) is 24.0 Å². The fourth-order valence-corrected chi connectivity index (χ4v) is 4.81. The summed E-state index contributed by atoms with van der Waals surface area (Å²) < 4.78 is 29.1. The molecule has 0 spiro atoms. The van der Waals surface area contributed by atoms with Crippen molar-refractivity contribution in [3.8, 4) is 0 Å². The van der Waals surface area contributed by atoms with E-state index < -0.39 is 10.0 Å². The summed E-state index contributed by atoms with van der Waals surface area (Å²) in [5, 5.41) is 10.6. The lowest BCUT2D eigenvalue weighted by Crippen LogP contribution is -2.37. The number of hydrogen-bond donors (Lipinski definition) is 2. The minimum atomic E-state index is -3.42. The summed E-state index contributed by atoms with van der Waals surface area (Å²) in [5.41, 5.74) is 1.93. The van der Waals surface area contributed by atoms with Gasteiger partial charge in [-0.1, -0.05) is 18.6 Å². The van der Waals surface area contributed by atoms with E-state index >= 15 is 0 Å². The lowest BCUT2D eigenvalue weighted by molar-refractivity contribution is 0.346. The molecular weight excluding hydrogens is 503 g/mol. The lowest BCUT2D eigenvalue weighted by atomic mass is 10.2. The van der Waals surface area contributed by atoms with Crippen LogP contribution in [0.15, 0.2) is 46.4 Å². The zero-order chi connectivity index (χ0) is 20.0. The third-order valence-corrected chi connectivity index (χ3v) is 6.79. The Morgan fingerprint density at radius 2 is 1.86 bits per heavy atom. The van der Waals surface area contributed by atoms with Crippen molar-refractivity contribution in [1.82, 2.24) is 24.7 Å². The van der Waals surface area contributed by atoms with Gasteiger partial charge in [0.15, 0.2) is 5.96 Å². The van der Waals surface area contributed by atoms with Crippen LogP contribution in [0.5, 0.6) is 0 Å². The molecule has 0 saturated carbocycles. The third-order valence-electron chi connectivity index (χ3n) is 4.89. The molecule has 10 heteroatoms. The quantitative estimate of drug-likeness (QED) is 0.338. The van der Waals surface area contributed by atoms with Crippen molar-refractivity contribution >= 4 is 40.0 Å². The van der Waals surface area contributed by atoms with Crippen molar-refractivity contribution < 1.29 is 8.42 Å². The number of aliphatic imine (C=N–C) groups is 1. The van der Waals surface area contributed by atoms with E-state index in [0.29, 0.717) is 37.0 Å². The van der Waals surface area contributed by atoms with Gasteiger partial charge in [0.2, 0.25) is 10.0 Å². The molecule has 1 saturated heterocycles.